The minimum Gasteiger partial charge on any atom is -0.494 e. The molecule has 36 heavy (non-hydrogen) atoms. The molecule has 0 aliphatic rings. The van der Waals surface area contributed by atoms with Gasteiger partial charge < -0.3 is 4.74 Å². The highest BCUT2D eigenvalue weighted by Gasteiger charge is 2.09. The molecule has 0 radical (unpaired) electrons. The molecule has 5 aromatic rings. The summed E-state index contributed by atoms with van der Waals surface area (Å²) in [5.41, 5.74) is 8.49. The van der Waals surface area contributed by atoms with Crippen molar-refractivity contribution >= 4 is 15.9 Å². The number of benzene rings is 2. The van der Waals surface area contributed by atoms with Crippen molar-refractivity contribution in [1.29, 1.82) is 0 Å². The minimum absolute atomic E-state index is 0.745. The molecule has 0 bridgehead atoms. The van der Waals surface area contributed by atoms with Crippen LogP contribution in [0.1, 0.15) is 12.8 Å². The van der Waals surface area contributed by atoms with Crippen LogP contribution in [0, 0.1) is 0 Å². The smallest absolute Gasteiger partial charge is 0.119 e. The molecule has 2 aromatic carbocycles. The third-order valence-corrected chi connectivity index (χ3v) is 6.54. The summed E-state index contributed by atoms with van der Waals surface area (Å²) in [5, 5.41) is 1.01. The van der Waals surface area contributed by atoms with Crippen LogP contribution in [-0.4, -0.2) is 26.9 Å². The highest BCUT2D eigenvalue weighted by atomic mass is 79.9. The topological polar surface area (TPSA) is 47.9 Å². The largest absolute Gasteiger partial charge is 0.494 e. The molecular formula is C31H26BrN3O. The van der Waals surface area contributed by atoms with Crippen molar-refractivity contribution in [2.75, 3.05) is 11.9 Å². The van der Waals surface area contributed by atoms with Gasteiger partial charge in [-0.15, -0.1) is 0 Å². The number of rotatable bonds is 9. The predicted molar refractivity (Wildman–Crippen MR) is 150 cm³/mol. The van der Waals surface area contributed by atoms with Crippen LogP contribution in [0.3, 0.4) is 0 Å². The summed E-state index contributed by atoms with van der Waals surface area (Å²) in [4.78, 5) is 13.2. The Morgan fingerprint density at radius 1 is 0.528 bits per heavy atom. The average molecular weight is 536 g/mol. The maximum atomic E-state index is 5.84. The Morgan fingerprint density at radius 3 is 1.50 bits per heavy atom. The van der Waals surface area contributed by atoms with E-state index in [4.69, 9.17) is 9.72 Å². The van der Waals surface area contributed by atoms with Gasteiger partial charge in [-0.1, -0.05) is 52.3 Å². The van der Waals surface area contributed by atoms with E-state index in [0.29, 0.717) is 0 Å². The van der Waals surface area contributed by atoms with Gasteiger partial charge in [-0.3, -0.25) is 9.97 Å². The normalized spacial score (nSPS) is 10.8. The van der Waals surface area contributed by atoms with Gasteiger partial charge in [-0.2, -0.15) is 0 Å². The fraction of sp³-hybridized carbons (Fsp3) is 0.129. The second-order valence-corrected chi connectivity index (χ2v) is 9.24. The Balaban J connectivity index is 1.41. The van der Waals surface area contributed by atoms with Crippen LogP contribution >= 0.6 is 15.9 Å². The number of halogens is 1. The Hall–Kier alpha value is -3.83. The van der Waals surface area contributed by atoms with Crippen molar-refractivity contribution < 1.29 is 4.74 Å². The monoisotopic (exact) mass is 535 g/mol. The van der Waals surface area contributed by atoms with E-state index in [1.165, 1.54) is 11.1 Å². The lowest BCUT2D eigenvalue weighted by Gasteiger charge is -2.11. The van der Waals surface area contributed by atoms with Crippen LogP contribution in [0.25, 0.3) is 44.8 Å². The molecule has 5 heteroatoms. The second-order valence-electron chi connectivity index (χ2n) is 8.44. The first-order valence-corrected chi connectivity index (χ1v) is 13.1. The molecule has 0 saturated heterocycles. The van der Waals surface area contributed by atoms with Crippen molar-refractivity contribution in [3.05, 3.63) is 110 Å². The molecule has 3 aromatic heterocycles. The molecule has 4 nitrogen and oxygen atoms in total. The molecule has 178 valence electrons. The van der Waals surface area contributed by atoms with Crippen LogP contribution in [0.2, 0.25) is 0 Å². The number of unbranched alkanes of at least 4 members (excludes halogenated alkanes) is 1. The molecule has 0 atom stereocenters. The number of ether oxygens (including phenoxy) is 1. The Labute approximate surface area is 220 Å². The van der Waals surface area contributed by atoms with Gasteiger partial charge in [0.25, 0.3) is 0 Å². The molecule has 0 saturated carbocycles. The maximum Gasteiger partial charge on any atom is 0.119 e. The SMILES string of the molecule is BrCCCCOc1ccc(-c2ccc(-c3cc(-c4ccncc4)nc(-c4ccncc4)c3)cc2)cc1. The summed E-state index contributed by atoms with van der Waals surface area (Å²) in [7, 11) is 0. The lowest BCUT2D eigenvalue weighted by molar-refractivity contribution is 0.310. The fourth-order valence-electron chi connectivity index (χ4n) is 4.02. The lowest BCUT2D eigenvalue weighted by atomic mass is 9.98. The van der Waals surface area contributed by atoms with Gasteiger partial charge >= 0.3 is 0 Å². The van der Waals surface area contributed by atoms with Crippen molar-refractivity contribution in [2.45, 2.75) is 12.8 Å². The van der Waals surface area contributed by atoms with Crippen LogP contribution in [0.4, 0.5) is 0 Å². The summed E-state index contributed by atoms with van der Waals surface area (Å²) >= 11 is 3.46. The number of aromatic nitrogens is 3. The van der Waals surface area contributed by atoms with Crippen LogP contribution < -0.4 is 4.74 Å². The molecular weight excluding hydrogens is 510 g/mol. The van der Waals surface area contributed by atoms with E-state index in [-0.39, 0.29) is 0 Å². The zero-order valence-corrected chi connectivity index (χ0v) is 21.4. The van der Waals surface area contributed by atoms with E-state index in [1.54, 1.807) is 24.8 Å². The first kappa shape index (κ1) is 23.9. The summed E-state index contributed by atoms with van der Waals surface area (Å²) in [5.74, 6) is 0.911. The maximum absolute atomic E-state index is 5.84. The van der Waals surface area contributed by atoms with Crippen LogP contribution in [0.5, 0.6) is 5.75 Å². The highest BCUT2D eigenvalue weighted by molar-refractivity contribution is 9.09. The minimum atomic E-state index is 0.745. The van der Waals surface area contributed by atoms with Crippen LogP contribution in [-0.2, 0) is 0 Å². The highest BCUT2D eigenvalue weighted by Crippen LogP contribution is 2.31. The molecule has 0 amide bonds. The number of pyridine rings is 3. The lowest BCUT2D eigenvalue weighted by Crippen LogP contribution is -1.97. The molecule has 5 rings (SSSR count). The number of alkyl halides is 1. The zero-order valence-electron chi connectivity index (χ0n) is 19.8. The number of hydrogen-bond donors (Lipinski definition) is 0. The quantitative estimate of drug-likeness (QED) is 0.141. The Bertz CT molecular complexity index is 1330. The molecule has 0 N–H and O–H groups in total. The molecule has 0 unspecified atom stereocenters. The van der Waals surface area contributed by atoms with Crippen molar-refractivity contribution in [3.63, 3.8) is 0 Å². The summed E-state index contributed by atoms with van der Waals surface area (Å²) in [6.07, 6.45) is 9.36. The van der Waals surface area contributed by atoms with Gasteiger partial charge in [0.2, 0.25) is 0 Å². The number of hydrogen-bond acceptors (Lipinski definition) is 4. The summed E-state index contributed by atoms with van der Waals surface area (Å²) in [6, 6.07) is 29.2. The third kappa shape index (κ3) is 5.86. The third-order valence-electron chi connectivity index (χ3n) is 5.98. The van der Waals surface area contributed by atoms with Gasteiger partial charge in [0.15, 0.2) is 0 Å². The van der Waals surface area contributed by atoms with E-state index in [0.717, 1.165) is 64.2 Å². The predicted octanol–water partition coefficient (Wildman–Crippen LogP) is 8.09. The van der Waals surface area contributed by atoms with E-state index < -0.39 is 0 Å². The average Bonchev–Trinajstić information content (AvgIpc) is 2.96. The van der Waals surface area contributed by atoms with Gasteiger partial charge in [0, 0.05) is 41.2 Å². The van der Waals surface area contributed by atoms with E-state index in [1.807, 2.05) is 36.4 Å². The first-order chi connectivity index (χ1) is 17.8. The second kappa shape index (κ2) is 11.7. The van der Waals surface area contributed by atoms with Gasteiger partial charge in [-0.25, -0.2) is 4.98 Å². The van der Waals surface area contributed by atoms with Gasteiger partial charge in [0.05, 0.1) is 18.0 Å². The van der Waals surface area contributed by atoms with Crippen molar-refractivity contribution in [2.24, 2.45) is 0 Å². The van der Waals surface area contributed by atoms with E-state index in [9.17, 15) is 0 Å². The van der Waals surface area contributed by atoms with Crippen LogP contribution in [0.15, 0.2) is 110 Å². The molecule has 0 aliphatic carbocycles. The molecule has 3 heterocycles. The number of nitrogens with zero attached hydrogens (tertiary/aromatic N) is 3. The standard InChI is InChI=1S/C31H26BrN3O/c32-15-1-2-20-36-29-9-7-24(8-10-29)23-3-5-25(6-4-23)28-21-30(26-11-16-33-17-12-26)35-31(22-28)27-13-18-34-19-14-27/h3-14,16-19,21-22H,1-2,15,20H2. The first-order valence-electron chi connectivity index (χ1n) is 12.0. The van der Waals surface area contributed by atoms with Crippen molar-refractivity contribution in [3.8, 4) is 50.5 Å². The molecule has 0 fully saturated rings. The summed E-state index contributed by atoms with van der Waals surface area (Å²) in [6.45, 7) is 0.745. The summed E-state index contributed by atoms with van der Waals surface area (Å²) < 4.78 is 5.84. The Kier molecular flexibility index (Phi) is 7.79. The Morgan fingerprint density at radius 2 is 1.00 bits per heavy atom. The van der Waals surface area contributed by atoms with Crippen molar-refractivity contribution in [1.82, 2.24) is 15.0 Å². The zero-order chi connectivity index (χ0) is 24.6. The van der Waals surface area contributed by atoms with Gasteiger partial charge in [-0.05, 0) is 83.6 Å². The molecule has 0 spiro atoms. The molecule has 0 aliphatic heterocycles. The van der Waals surface area contributed by atoms with E-state index >= 15 is 0 Å². The fourth-order valence-corrected chi connectivity index (χ4v) is 4.42. The van der Waals surface area contributed by atoms with E-state index in [2.05, 4.69) is 74.4 Å². The van der Waals surface area contributed by atoms with Gasteiger partial charge in [0.1, 0.15) is 5.75 Å².